The summed E-state index contributed by atoms with van der Waals surface area (Å²) < 4.78 is 13.5. The molecule has 0 aromatic heterocycles. The van der Waals surface area contributed by atoms with Crippen LogP contribution in [-0.4, -0.2) is 23.6 Å². The van der Waals surface area contributed by atoms with Crippen LogP contribution in [0.5, 0.6) is 5.75 Å². The van der Waals surface area contributed by atoms with E-state index in [2.05, 4.69) is 39.4 Å². The number of rotatable bonds is 7. The fraction of sp³-hybridized carbons (Fsp3) is 0.324. The van der Waals surface area contributed by atoms with E-state index in [1.165, 1.54) is 24.0 Å². The average Bonchev–Trinajstić information content (AvgIpc) is 3.06. The Labute approximate surface area is 267 Å². The van der Waals surface area contributed by atoms with Crippen LogP contribution in [0.15, 0.2) is 95.5 Å². The Morgan fingerprint density at radius 2 is 1.64 bits per heavy atom. The standard InChI is InChI=1S/C37H38BrN3O3/c38-34-27-21-32-28-15-9-10-18-37(28,19-20-41(32)36(42)44-24-26-13-5-2-6-14-26)29(27)22-33(43-23-25-11-3-1-4-12-25)35(34)40-31-17-8-7-16-30(31)39/h1-8,11-14,16-17,22,28,32,40H,9-10,15,18-21,23-24,39H2/t28-,32+,37+/m1/s1. The lowest BCUT2D eigenvalue weighted by atomic mass is 9.52. The molecule has 7 heteroatoms. The maximum atomic E-state index is 13.6. The molecule has 0 spiro atoms. The number of nitrogen functional groups attached to an aromatic ring is 1. The SMILES string of the molecule is Nc1ccccc1Nc1c(OCc2ccccc2)cc2c(c1Br)C[C@H]1[C@H]3CCCC[C@@]23CCN1C(=O)OCc1ccccc1. The number of para-hydroxylation sites is 2. The van der Waals surface area contributed by atoms with Crippen LogP contribution >= 0.6 is 15.9 Å². The van der Waals surface area contributed by atoms with E-state index in [1.807, 2.05) is 77.7 Å². The largest absolute Gasteiger partial charge is 0.487 e. The molecule has 2 bridgehead atoms. The highest BCUT2D eigenvalue weighted by Crippen LogP contribution is 2.59. The highest BCUT2D eigenvalue weighted by molar-refractivity contribution is 9.10. The summed E-state index contributed by atoms with van der Waals surface area (Å²) in [4.78, 5) is 15.6. The number of carbonyl (C=O) groups is 1. The number of fused-ring (bicyclic) bond motifs is 1. The monoisotopic (exact) mass is 651 g/mol. The van der Waals surface area contributed by atoms with Crippen molar-refractivity contribution < 1.29 is 14.3 Å². The highest BCUT2D eigenvalue weighted by atomic mass is 79.9. The average molecular weight is 653 g/mol. The van der Waals surface area contributed by atoms with Gasteiger partial charge >= 0.3 is 6.09 Å². The van der Waals surface area contributed by atoms with Crippen LogP contribution in [0, 0.1) is 5.92 Å². The number of carbonyl (C=O) groups excluding carboxylic acids is 1. The maximum Gasteiger partial charge on any atom is 0.410 e. The number of amides is 1. The minimum atomic E-state index is -0.212. The minimum Gasteiger partial charge on any atom is -0.487 e. The van der Waals surface area contributed by atoms with Gasteiger partial charge in [-0.3, -0.25) is 0 Å². The molecule has 44 heavy (non-hydrogen) atoms. The molecular weight excluding hydrogens is 614 g/mol. The molecular formula is C37H38BrN3O3. The van der Waals surface area contributed by atoms with Crippen molar-refractivity contribution in [3.63, 3.8) is 0 Å². The molecule has 0 radical (unpaired) electrons. The number of benzene rings is 4. The number of nitrogens with one attached hydrogen (secondary N) is 1. The predicted molar refractivity (Wildman–Crippen MR) is 178 cm³/mol. The first kappa shape index (κ1) is 28.8. The molecule has 3 aliphatic rings. The Morgan fingerprint density at radius 3 is 2.39 bits per heavy atom. The molecule has 4 aromatic carbocycles. The summed E-state index contributed by atoms with van der Waals surface area (Å²) >= 11 is 4.05. The molecule has 1 saturated heterocycles. The first-order valence-corrected chi connectivity index (χ1v) is 16.4. The molecule has 2 aliphatic carbocycles. The molecule has 6 nitrogen and oxygen atoms in total. The van der Waals surface area contributed by atoms with Crippen LogP contribution in [-0.2, 0) is 29.8 Å². The van der Waals surface area contributed by atoms with E-state index in [9.17, 15) is 4.79 Å². The lowest BCUT2D eigenvalue weighted by Gasteiger charge is -2.58. The number of halogens is 1. The van der Waals surface area contributed by atoms with Crippen molar-refractivity contribution in [2.24, 2.45) is 5.92 Å². The lowest BCUT2D eigenvalue weighted by Crippen LogP contribution is -2.62. The molecule has 3 atom stereocenters. The van der Waals surface area contributed by atoms with Gasteiger partial charge in [-0.2, -0.15) is 0 Å². The number of nitrogens with two attached hydrogens (primary N) is 1. The van der Waals surface area contributed by atoms with Gasteiger partial charge in [0.05, 0.1) is 17.1 Å². The molecule has 1 aliphatic heterocycles. The molecule has 7 rings (SSSR count). The van der Waals surface area contributed by atoms with E-state index < -0.39 is 0 Å². The van der Waals surface area contributed by atoms with Gasteiger partial charge < -0.3 is 25.4 Å². The van der Waals surface area contributed by atoms with Gasteiger partial charge in [0.2, 0.25) is 0 Å². The molecule has 1 saturated carbocycles. The molecule has 226 valence electrons. The maximum absolute atomic E-state index is 13.6. The zero-order chi connectivity index (χ0) is 30.1. The minimum absolute atomic E-state index is 0.00436. The fourth-order valence-corrected chi connectivity index (χ4v) is 8.49. The van der Waals surface area contributed by atoms with Gasteiger partial charge in [0.15, 0.2) is 0 Å². The van der Waals surface area contributed by atoms with Crippen molar-refractivity contribution in [3.8, 4) is 5.75 Å². The molecule has 1 heterocycles. The predicted octanol–water partition coefficient (Wildman–Crippen LogP) is 8.75. The second-order valence-corrected chi connectivity index (χ2v) is 13.1. The summed E-state index contributed by atoms with van der Waals surface area (Å²) in [6.07, 6.45) is 6.10. The quantitative estimate of drug-likeness (QED) is 0.195. The number of hydrogen-bond donors (Lipinski definition) is 2. The number of likely N-dealkylation sites (tertiary alicyclic amines) is 1. The second-order valence-electron chi connectivity index (χ2n) is 12.3. The van der Waals surface area contributed by atoms with Crippen LogP contribution < -0.4 is 15.8 Å². The van der Waals surface area contributed by atoms with Crippen molar-refractivity contribution in [2.45, 2.75) is 63.2 Å². The van der Waals surface area contributed by atoms with Crippen LogP contribution in [0.1, 0.15) is 54.4 Å². The van der Waals surface area contributed by atoms with E-state index in [1.54, 1.807) is 0 Å². The summed E-state index contributed by atoms with van der Waals surface area (Å²) in [6, 6.07) is 30.4. The molecule has 4 aromatic rings. The van der Waals surface area contributed by atoms with Crippen LogP contribution in [0.2, 0.25) is 0 Å². The number of hydrogen-bond acceptors (Lipinski definition) is 5. The summed E-state index contributed by atoms with van der Waals surface area (Å²) in [6.45, 7) is 1.45. The van der Waals surface area contributed by atoms with Crippen molar-refractivity contribution in [1.29, 1.82) is 0 Å². The van der Waals surface area contributed by atoms with Gasteiger partial charge in [0.1, 0.15) is 19.0 Å². The number of nitrogens with zero attached hydrogens (tertiary/aromatic N) is 1. The third-order valence-corrected chi connectivity index (χ3v) is 10.8. The summed E-state index contributed by atoms with van der Waals surface area (Å²) in [7, 11) is 0. The zero-order valence-corrected chi connectivity index (χ0v) is 26.4. The Bertz CT molecular complexity index is 1650. The van der Waals surface area contributed by atoms with Gasteiger partial charge in [0, 0.05) is 22.5 Å². The van der Waals surface area contributed by atoms with E-state index in [-0.39, 0.29) is 24.2 Å². The molecule has 3 N–H and O–H groups in total. The fourth-order valence-electron chi connectivity index (χ4n) is 7.82. The van der Waals surface area contributed by atoms with E-state index in [0.717, 1.165) is 58.4 Å². The van der Waals surface area contributed by atoms with E-state index in [0.29, 0.717) is 24.8 Å². The third kappa shape index (κ3) is 5.32. The van der Waals surface area contributed by atoms with Gasteiger partial charge in [-0.1, -0.05) is 85.6 Å². The van der Waals surface area contributed by atoms with E-state index in [4.69, 9.17) is 15.2 Å². The number of ether oxygens (including phenoxy) is 2. The number of anilines is 3. The first-order valence-electron chi connectivity index (χ1n) is 15.6. The normalized spacial score (nSPS) is 22.0. The third-order valence-electron chi connectivity index (χ3n) is 9.94. The van der Waals surface area contributed by atoms with Gasteiger partial charge in [-0.25, -0.2) is 4.79 Å². The first-order chi connectivity index (χ1) is 21.5. The van der Waals surface area contributed by atoms with Gasteiger partial charge in [0.25, 0.3) is 0 Å². The summed E-state index contributed by atoms with van der Waals surface area (Å²) in [5, 5.41) is 3.60. The van der Waals surface area contributed by atoms with Crippen molar-refractivity contribution in [3.05, 3.63) is 118 Å². The van der Waals surface area contributed by atoms with Crippen molar-refractivity contribution >= 4 is 39.1 Å². The van der Waals surface area contributed by atoms with Crippen LogP contribution in [0.3, 0.4) is 0 Å². The van der Waals surface area contributed by atoms with Gasteiger partial charge in [-0.05, 0) is 88.0 Å². The topological polar surface area (TPSA) is 76.8 Å². The Balaban J connectivity index is 1.26. The highest BCUT2D eigenvalue weighted by Gasteiger charge is 2.56. The Morgan fingerprint density at radius 1 is 0.932 bits per heavy atom. The zero-order valence-electron chi connectivity index (χ0n) is 24.8. The lowest BCUT2D eigenvalue weighted by molar-refractivity contribution is -0.0138. The van der Waals surface area contributed by atoms with Gasteiger partial charge in [-0.15, -0.1) is 0 Å². The van der Waals surface area contributed by atoms with E-state index >= 15 is 0 Å². The molecule has 1 amide bonds. The van der Waals surface area contributed by atoms with Crippen LogP contribution in [0.25, 0.3) is 0 Å². The Hall–Kier alpha value is -3.97. The number of piperidine rings is 1. The molecule has 0 unspecified atom stereocenters. The van der Waals surface area contributed by atoms with Crippen molar-refractivity contribution in [2.75, 3.05) is 17.6 Å². The molecule has 2 fully saturated rings. The second kappa shape index (κ2) is 12.2. The summed E-state index contributed by atoms with van der Waals surface area (Å²) in [5.74, 6) is 1.20. The Kier molecular flexibility index (Phi) is 7.98. The van der Waals surface area contributed by atoms with Crippen LogP contribution in [0.4, 0.5) is 21.9 Å². The summed E-state index contributed by atoms with van der Waals surface area (Å²) in [5.41, 5.74) is 13.5. The smallest absolute Gasteiger partial charge is 0.410 e. The van der Waals surface area contributed by atoms with Crippen molar-refractivity contribution in [1.82, 2.24) is 4.90 Å².